The molecule has 2 aromatic rings. The third kappa shape index (κ3) is 1.72. The van der Waals surface area contributed by atoms with Gasteiger partial charge in [-0.3, -0.25) is 0 Å². The van der Waals surface area contributed by atoms with E-state index in [0.717, 1.165) is 34.0 Å². The quantitative estimate of drug-likeness (QED) is 0.821. The molecule has 3 rings (SSSR count). The third-order valence-corrected chi connectivity index (χ3v) is 4.44. The fourth-order valence-electron chi connectivity index (χ4n) is 2.00. The van der Waals surface area contributed by atoms with Gasteiger partial charge in [0.15, 0.2) is 0 Å². The molecule has 0 atom stereocenters. The van der Waals surface area contributed by atoms with Crippen LogP contribution in [0.2, 0.25) is 0 Å². The Kier molecular flexibility index (Phi) is 2.46. The van der Waals surface area contributed by atoms with Crippen molar-refractivity contribution in [2.45, 2.75) is 25.2 Å². The zero-order valence-corrected chi connectivity index (χ0v) is 10.7. The van der Waals surface area contributed by atoms with Crippen LogP contribution in [-0.4, -0.2) is 4.98 Å². The van der Waals surface area contributed by atoms with Gasteiger partial charge in [0, 0.05) is 10.4 Å². The Balaban J connectivity index is 2.07. The van der Waals surface area contributed by atoms with Gasteiger partial charge in [-0.15, -0.1) is 11.3 Å². The molecule has 0 radical (unpaired) electrons. The Bertz CT molecular complexity index is 650. The van der Waals surface area contributed by atoms with Crippen molar-refractivity contribution in [2.75, 3.05) is 0 Å². The summed E-state index contributed by atoms with van der Waals surface area (Å²) in [7, 11) is 0. The van der Waals surface area contributed by atoms with Crippen molar-refractivity contribution in [3.8, 4) is 17.3 Å². The summed E-state index contributed by atoms with van der Waals surface area (Å²) < 4.78 is 13.2. The van der Waals surface area contributed by atoms with E-state index in [-0.39, 0.29) is 11.2 Å². The molecule has 90 valence electrons. The molecule has 1 aliphatic carbocycles. The molecule has 0 spiro atoms. The third-order valence-electron chi connectivity index (χ3n) is 3.27. The lowest BCUT2D eigenvalue weighted by atomic mass is 10.1. The average Bonchev–Trinajstić information content (AvgIpc) is 3.07. The summed E-state index contributed by atoms with van der Waals surface area (Å²) in [5.41, 5.74) is 1.22. The van der Waals surface area contributed by atoms with Gasteiger partial charge in [-0.2, -0.15) is 5.26 Å². The van der Waals surface area contributed by atoms with Crippen LogP contribution >= 0.6 is 11.3 Å². The van der Waals surface area contributed by atoms with Crippen LogP contribution in [0.3, 0.4) is 0 Å². The number of rotatable bonds is 2. The van der Waals surface area contributed by atoms with Crippen LogP contribution in [0.5, 0.6) is 0 Å². The molecule has 1 aliphatic rings. The van der Waals surface area contributed by atoms with Crippen LogP contribution in [0, 0.1) is 24.1 Å². The smallest absolute Gasteiger partial charge is 0.123 e. The lowest BCUT2D eigenvalue weighted by molar-refractivity contribution is 0.628. The summed E-state index contributed by atoms with van der Waals surface area (Å²) in [6.45, 7) is 1.97. The van der Waals surface area contributed by atoms with Gasteiger partial charge in [-0.25, -0.2) is 9.37 Å². The Morgan fingerprint density at radius 1 is 1.44 bits per heavy atom. The Hall–Kier alpha value is -1.73. The van der Waals surface area contributed by atoms with Crippen molar-refractivity contribution in [2.24, 2.45) is 0 Å². The molecule has 18 heavy (non-hydrogen) atoms. The average molecular weight is 258 g/mol. The van der Waals surface area contributed by atoms with Crippen molar-refractivity contribution in [1.29, 1.82) is 5.26 Å². The minimum absolute atomic E-state index is 0.261. The van der Waals surface area contributed by atoms with E-state index in [0.29, 0.717) is 0 Å². The Morgan fingerprint density at radius 2 is 2.22 bits per heavy atom. The molecule has 1 aromatic heterocycles. The highest BCUT2D eigenvalue weighted by molar-refractivity contribution is 7.12. The van der Waals surface area contributed by atoms with Gasteiger partial charge in [-0.05, 0) is 31.9 Å². The minimum atomic E-state index is -0.360. The summed E-state index contributed by atoms with van der Waals surface area (Å²) in [4.78, 5) is 5.59. The summed E-state index contributed by atoms with van der Waals surface area (Å²) in [6.07, 6.45) is 1.78. The first-order chi connectivity index (χ1) is 8.64. The number of halogens is 1. The highest BCUT2D eigenvalue weighted by Crippen LogP contribution is 2.50. The van der Waals surface area contributed by atoms with Crippen molar-refractivity contribution < 1.29 is 4.39 Å². The van der Waals surface area contributed by atoms with E-state index in [1.165, 1.54) is 12.1 Å². The first-order valence-corrected chi connectivity index (χ1v) is 6.61. The predicted octanol–water partition coefficient (Wildman–Crippen LogP) is 3.81. The number of nitriles is 1. The topological polar surface area (TPSA) is 36.7 Å². The van der Waals surface area contributed by atoms with Crippen LogP contribution in [0.25, 0.3) is 11.3 Å². The van der Waals surface area contributed by atoms with Crippen molar-refractivity contribution in [3.63, 3.8) is 0 Å². The summed E-state index contributed by atoms with van der Waals surface area (Å²) in [5.74, 6) is -0.261. The van der Waals surface area contributed by atoms with Gasteiger partial charge in [0.25, 0.3) is 0 Å². The number of hydrogen-bond acceptors (Lipinski definition) is 3. The van der Waals surface area contributed by atoms with Gasteiger partial charge in [0.1, 0.15) is 16.2 Å². The van der Waals surface area contributed by atoms with E-state index in [9.17, 15) is 9.65 Å². The second-order valence-corrected chi connectivity index (χ2v) is 5.83. The number of thiazole rings is 1. The van der Waals surface area contributed by atoms with Crippen LogP contribution < -0.4 is 0 Å². The largest absolute Gasteiger partial charge is 0.239 e. The monoisotopic (exact) mass is 258 g/mol. The maximum absolute atomic E-state index is 13.2. The minimum Gasteiger partial charge on any atom is -0.239 e. The van der Waals surface area contributed by atoms with Crippen LogP contribution in [-0.2, 0) is 5.41 Å². The molecule has 0 unspecified atom stereocenters. The lowest BCUT2D eigenvalue weighted by Gasteiger charge is -1.99. The second-order valence-electron chi connectivity index (χ2n) is 4.63. The van der Waals surface area contributed by atoms with E-state index < -0.39 is 0 Å². The molecular weight excluding hydrogens is 247 g/mol. The van der Waals surface area contributed by atoms with Crippen molar-refractivity contribution in [3.05, 3.63) is 40.0 Å². The second kappa shape index (κ2) is 3.89. The number of aryl methyl sites for hydroxylation is 1. The van der Waals surface area contributed by atoms with Gasteiger partial charge < -0.3 is 0 Å². The van der Waals surface area contributed by atoms with Gasteiger partial charge in [0.2, 0.25) is 0 Å². The van der Waals surface area contributed by atoms with Gasteiger partial charge in [-0.1, -0.05) is 12.1 Å². The molecular formula is C14H11FN2S. The number of aromatic nitrogens is 1. The molecule has 0 aliphatic heterocycles. The Labute approximate surface area is 109 Å². The number of hydrogen-bond donors (Lipinski definition) is 0. The molecule has 1 fully saturated rings. The summed E-state index contributed by atoms with van der Waals surface area (Å²) in [5, 5.41) is 10.1. The predicted molar refractivity (Wildman–Crippen MR) is 68.8 cm³/mol. The van der Waals surface area contributed by atoms with Gasteiger partial charge >= 0.3 is 0 Å². The summed E-state index contributed by atoms with van der Waals surface area (Å²) >= 11 is 1.55. The fraction of sp³-hybridized carbons (Fsp3) is 0.286. The molecule has 0 N–H and O–H groups in total. The van der Waals surface area contributed by atoms with E-state index in [1.807, 2.05) is 13.0 Å². The fourth-order valence-corrected chi connectivity index (χ4v) is 3.14. The van der Waals surface area contributed by atoms with Gasteiger partial charge in [0.05, 0.1) is 11.8 Å². The first-order valence-electron chi connectivity index (χ1n) is 5.80. The highest BCUT2D eigenvalue weighted by Gasteiger charge is 2.48. The molecule has 1 saturated carbocycles. The normalized spacial score (nSPS) is 16.3. The van der Waals surface area contributed by atoms with Crippen LogP contribution in [0.1, 0.15) is 22.7 Å². The molecule has 1 heterocycles. The van der Waals surface area contributed by atoms with Crippen LogP contribution in [0.15, 0.2) is 24.3 Å². The zero-order chi connectivity index (χ0) is 12.8. The highest BCUT2D eigenvalue weighted by atomic mass is 32.1. The van der Waals surface area contributed by atoms with Crippen LogP contribution in [0.4, 0.5) is 4.39 Å². The molecule has 2 nitrogen and oxygen atoms in total. The molecule has 0 bridgehead atoms. The van der Waals surface area contributed by atoms with Crippen molar-refractivity contribution in [1.82, 2.24) is 4.98 Å². The zero-order valence-electron chi connectivity index (χ0n) is 9.90. The standard InChI is InChI=1S/C14H11FN2S/c1-9-12(10-3-2-4-11(15)7-10)17-13(18-9)14(8-16)5-6-14/h2-4,7H,5-6H2,1H3. The first kappa shape index (κ1) is 11.4. The van der Waals surface area contributed by atoms with E-state index in [1.54, 1.807) is 17.4 Å². The van der Waals surface area contributed by atoms with E-state index >= 15 is 0 Å². The number of nitrogens with zero attached hydrogens (tertiary/aromatic N) is 2. The molecule has 0 amide bonds. The molecule has 0 saturated heterocycles. The van der Waals surface area contributed by atoms with E-state index in [2.05, 4.69) is 11.1 Å². The van der Waals surface area contributed by atoms with Crippen molar-refractivity contribution >= 4 is 11.3 Å². The molecule has 4 heteroatoms. The maximum atomic E-state index is 13.2. The van der Waals surface area contributed by atoms with E-state index in [4.69, 9.17) is 0 Å². The lowest BCUT2D eigenvalue weighted by Crippen LogP contribution is -2.01. The summed E-state index contributed by atoms with van der Waals surface area (Å²) in [6, 6.07) is 8.78. The maximum Gasteiger partial charge on any atom is 0.123 e. The SMILES string of the molecule is Cc1sc(C2(C#N)CC2)nc1-c1cccc(F)c1. The number of benzene rings is 1. The Morgan fingerprint density at radius 3 is 2.83 bits per heavy atom. The molecule has 1 aromatic carbocycles.